The number of aliphatic imine (C=N–C) groups is 3. The van der Waals surface area contributed by atoms with Crippen LogP contribution in [0.4, 0.5) is 0 Å². The first-order chi connectivity index (χ1) is 23.6. The summed E-state index contributed by atoms with van der Waals surface area (Å²) in [5.74, 6) is -0.385. The number of nitrogens with zero attached hydrogens (tertiary/aromatic N) is 3. The highest BCUT2D eigenvalue weighted by Crippen LogP contribution is 2.46. The minimum Gasteiger partial charge on any atom is -0.511 e. The van der Waals surface area contributed by atoms with Crippen LogP contribution < -0.4 is 5.32 Å². The monoisotopic (exact) mass is 662 g/mol. The number of nitrogens with one attached hydrogen (secondary N) is 1. The highest BCUT2D eigenvalue weighted by atomic mass is 16.5. The molecule has 0 unspecified atom stereocenters. The fourth-order valence-electron chi connectivity index (χ4n) is 7.56. The predicted octanol–water partition coefficient (Wildman–Crippen LogP) is 7.90. The van der Waals surface area contributed by atoms with E-state index < -0.39 is 5.97 Å². The lowest BCUT2D eigenvalue weighted by Crippen LogP contribution is -2.16. The fraction of sp³-hybridized carbons (Fsp3) is 0.425. The lowest BCUT2D eigenvalue weighted by Gasteiger charge is -2.17. The molecule has 2 N–H and O–H groups in total. The number of aliphatic hydroxyl groups is 1. The second kappa shape index (κ2) is 14.0. The van der Waals surface area contributed by atoms with E-state index in [0.29, 0.717) is 60.7 Å². The average Bonchev–Trinajstić information content (AvgIpc) is 3.85. The molecule has 1 saturated heterocycles. The molecule has 49 heavy (non-hydrogen) atoms. The van der Waals surface area contributed by atoms with Crippen LogP contribution in [-0.4, -0.2) is 47.9 Å². The third-order valence-electron chi connectivity index (χ3n) is 10.3. The predicted molar refractivity (Wildman–Crippen MR) is 193 cm³/mol. The molecule has 6 aliphatic rings. The second-order valence-electron chi connectivity index (χ2n) is 13.3. The number of rotatable bonds is 11. The summed E-state index contributed by atoms with van der Waals surface area (Å²) in [7, 11) is 1.37. The highest BCUT2D eigenvalue weighted by Gasteiger charge is 2.41. The number of methoxy groups -OCH3 is 1. The first-order valence-electron chi connectivity index (χ1n) is 17.5. The summed E-state index contributed by atoms with van der Waals surface area (Å²) in [6.07, 6.45) is 13.6. The van der Waals surface area contributed by atoms with Crippen LogP contribution in [0.1, 0.15) is 86.0 Å². The lowest BCUT2D eigenvalue weighted by atomic mass is 9.86. The van der Waals surface area contributed by atoms with Crippen molar-refractivity contribution in [2.45, 2.75) is 86.0 Å². The maximum absolute atomic E-state index is 13.2. The molecule has 0 radical (unpaired) electrons. The zero-order valence-corrected chi connectivity index (χ0v) is 29.5. The average molecular weight is 663 g/mol. The van der Waals surface area contributed by atoms with Crippen molar-refractivity contribution in [3.8, 4) is 0 Å². The van der Waals surface area contributed by atoms with Gasteiger partial charge in [-0.25, -0.2) is 19.8 Å². The van der Waals surface area contributed by atoms with Crippen LogP contribution in [0.5, 0.6) is 0 Å². The number of carbonyl (C=O) groups excluding carboxylic acids is 2. The molecular formula is C40H46N4O5. The van der Waals surface area contributed by atoms with Crippen LogP contribution in [0.15, 0.2) is 119 Å². The van der Waals surface area contributed by atoms with Gasteiger partial charge in [-0.2, -0.15) is 0 Å². The topological polar surface area (TPSA) is 122 Å². The fourth-order valence-corrected chi connectivity index (χ4v) is 7.56. The van der Waals surface area contributed by atoms with Gasteiger partial charge in [-0.1, -0.05) is 52.7 Å². The summed E-state index contributed by atoms with van der Waals surface area (Å²) >= 11 is 0. The molecule has 0 aromatic carbocycles. The molecule has 6 rings (SSSR count). The zero-order chi connectivity index (χ0) is 35.0. The number of ether oxygens (including phenoxy) is 2. The molecular weight excluding hydrogens is 616 g/mol. The summed E-state index contributed by atoms with van der Waals surface area (Å²) in [5, 5.41) is 15.1. The van der Waals surface area contributed by atoms with Gasteiger partial charge in [0.2, 0.25) is 0 Å². The number of carbonyl (C=O) groups is 2. The van der Waals surface area contributed by atoms with Gasteiger partial charge in [-0.05, 0) is 68.1 Å². The first-order valence-corrected chi connectivity index (χ1v) is 17.5. The van der Waals surface area contributed by atoms with Crippen molar-refractivity contribution in [3.05, 3.63) is 104 Å². The molecule has 5 heterocycles. The largest absolute Gasteiger partial charge is 0.511 e. The molecule has 2 atom stereocenters. The van der Waals surface area contributed by atoms with Crippen LogP contribution in [0.3, 0.4) is 0 Å². The van der Waals surface area contributed by atoms with E-state index in [9.17, 15) is 14.7 Å². The van der Waals surface area contributed by atoms with Gasteiger partial charge < -0.3 is 19.9 Å². The van der Waals surface area contributed by atoms with Gasteiger partial charge in [0.25, 0.3) is 0 Å². The number of hydrogen-bond acceptors (Lipinski definition) is 9. The van der Waals surface area contributed by atoms with Gasteiger partial charge in [0, 0.05) is 52.8 Å². The number of hydrogen-bond donors (Lipinski definition) is 2. The third-order valence-corrected chi connectivity index (χ3v) is 10.3. The molecule has 0 spiro atoms. The van der Waals surface area contributed by atoms with Gasteiger partial charge in [0.1, 0.15) is 5.76 Å². The molecule has 1 fully saturated rings. The molecule has 0 aromatic heterocycles. The zero-order valence-electron chi connectivity index (χ0n) is 29.5. The summed E-state index contributed by atoms with van der Waals surface area (Å²) in [4.78, 5) is 41.1. The van der Waals surface area contributed by atoms with Gasteiger partial charge in [0.15, 0.2) is 0 Å². The number of allylic oxidation sites excluding steroid dienone is 11. The Balaban J connectivity index is 1.47. The smallest absolute Gasteiger partial charge is 0.340 e. The molecule has 0 aromatic rings. The Labute approximate surface area is 288 Å². The van der Waals surface area contributed by atoms with Crippen molar-refractivity contribution in [2.75, 3.05) is 13.7 Å². The SMILES string of the molecule is C=CC1=C(C)C2=NC1=CC1=NC(=CC3=C(C)C4=C(O)CC(=C5NC(=C2)[C@@H](C)[C@@H]5CCC(=O)OCCCCCC)C4=N3)C(CC)=C1C(=O)OC. The van der Waals surface area contributed by atoms with E-state index >= 15 is 0 Å². The number of unbranched alkanes of at least 4 members (excludes halogenated alkanes) is 3. The van der Waals surface area contributed by atoms with Gasteiger partial charge in [-0.15, -0.1) is 0 Å². The summed E-state index contributed by atoms with van der Waals surface area (Å²) < 4.78 is 10.8. The Morgan fingerprint density at radius 3 is 2.53 bits per heavy atom. The molecule has 0 amide bonds. The summed E-state index contributed by atoms with van der Waals surface area (Å²) in [6, 6.07) is 0. The van der Waals surface area contributed by atoms with Crippen LogP contribution in [0, 0.1) is 11.8 Å². The van der Waals surface area contributed by atoms with Crippen molar-refractivity contribution in [1.82, 2.24) is 5.32 Å². The molecule has 5 aliphatic heterocycles. The Morgan fingerprint density at radius 2 is 1.82 bits per heavy atom. The summed E-state index contributed by atoms with van der Waals surface area (Å²) in [6.45, 7) is 14.8. The molecule has 9 nitrogen and oxygen atoms in total. The van der Waals surface area contributed by atoms with Crippen LogP contribution in [0.25, 0.3) is 0 Å². The molecule has 256 valence electrons. The van der Waals surface area contributed by atoms with Gasteiger partial charge in [0.05, 0.1) is 53.5 Å². The van der Waals surface area contributed by atoms with Crippen molar-refractivity contribution in [3.63, 3.8) is 0 Å². The van der Waals surface area contributed by atoms with Gasteiger partial charge in [-0.3, -0.25) is 4.79 Å². The second-order valence-corrected chi connectivity index (χ2v) is 13.3. The van der Waals surface area contributed by atoms with Crippen molar-refractivity contribution < 1.29 is 24.2 Å². The van der Waals surface area contributed by atoms with Crippen molar-refractivity contribution in [1.29, 1.82) is 0 Å². The van der Waals surface area contributed by atoms with E-state index in [4.69, 9.17) is 24.5 Å². The minimum absolute atomic E-state index is 0.0245. The van der Waals surface area contributed by atoms with Crippen molar-refractivity contribution in [2.24, 2.45) is 26.8 Å². The van der Waals surface area contributed by atoms with E-state index in [-0.39, 0.29) is 23.6 Å². The molecule has 1 aliphatic carbocycles. The van der Waals surface area contributed by atoms with E-state index in [2.05, 4.69) is 31.8 Å². The van der Waals surface area contributed by atoms with Crippen LogP contribution in [-0.2, 0) is 19.1 Å². The maximum Gasteiger partial charge on any atom is 0.340 e. The van der Waals surface area contributed by atoms with Crippen LogP contribution >= 0.6 is 0 Å². The number of esters is 2. The molecule has 0 saturated carbocycles. The van der Waals surface area contributed by atoms with Crippen LogP contribution in [0.2, 0.25) is 0 Å². The molecule has 8 bridgehead atoms. The van der Waals surface area contributed by atoms with E-state index in [1.165, 1.54) is 7.11 Å². The Morgan fingerprint density at radius 1 is 1.04 bits per heavy atom. The third kappa shape index (κ3) is 6.15. The normalized spacial score (nSPS) is 22.7. The van der Waals surface area contributed by atoms with E-state index in [0.717, 1.165) is 81.9 Å². The maximum atomic E-state index is 13.2. The quantitative estimate of drug-likeness (QED) is 0.171. The van der Waals surface area contributed by atoms with E-state index in [1.807, 2.05) is 32.9 Å². The molecule has 9 heteroatoms. The Hall–Kier alpha value is -4.79. The number of fused-ring (bicyclic) bond motifs is 5. The van der Waals surface area contributed by atoms with E-state index in [1.54, 1.807) is 6.08 Å². The Kier molecular flexibility index (Phi) is 9.72. The van der Waals surface area contributed by atoms with Crippen molar-refractivity contribution >= 4 is 29.1 Å². The minimum atomic E-state index is -0.464. The van der Waals surface area contributed by atoms with Gasteiger partial charge >= 0.3 is 11.9 Å². The Bertz CT molecular complexity index is 1880. The first kappa shape index (κ1) is 34.1. The summed E-state index contributed by atoms with van der Waals surface area (Å²) in [5.41, 5.74) is 11.4. The number of aliphatic hydroxyl groups excluding tert-OH is 1. The lowest BCUT2D eigenvalue weighted by molar-refractivity contribution is -0.144. The standard InChI is InChI=1S/C40H46N4O5/c1-8-11-12-13-16-49-35(46)15-14-26-22(5)29-18-28-21(4)24(9-2)31(41-28)20-33-37(40(47)48-7)25(10-3)32(42-33)19-30-23(6)36-34(45)17-27(38(26)43-29)39(36)44-30/h9,18-20,22,26,43,45H,2,8,10-17H2,1,3-7H3/t22-,26-/m0/s1. The highest BCUT2D eigenvalue weighted by molar-refractivity contribution is 6.28.